The van der Waals surface area contributed by atoms with Gasteiger partial charge in [0.25, 0.3) is 5.91 Å². The summed E-state index contributed by atoms with van der Waals surface area (Å²) < 4.78 is 46.4. The van der Waals surface area contributed by atoms with E-state index < -0.39 is 23.6 Å². The number of nitrogens with zero attached hydrogens (tertiary/aromatic N) is 3. The zero-order chi connectivity index (χ0) is 20.3. The number of rotatable bonds is 4. The molecule has 0 spiro atoms. The number of amides is 1. The van der Waals surface area contributed by atoms with Gasteiger partial charge < -0.3 is 4.74 Å². The molecule has 0 fully saturated rings. The maximum Gasteiger partial charge on any atom is 0.416 e. The van der Waals surface area contributed by atoms with E-state index >= 15 is 0 Å². The molecular formula is C17H11F3N4O3S. The van der Waals surface area contributed by atoms with Crippen LogP contribution >= 0.6 is 11.5 Å². The normalized spacial score (nSPS) is 11.1. The highest BCUT2D eigenvalue weighted by Crippen LogP contribution is 2.29. The van der Waals surface area contributed by atoms with Crippen molar-refractivity contribution in [1.82, 2.24) is 14.3 Å². The second-order valence-electron chi connectivity index (χ2n) is 5.37. The number of hydrogen-bond donors (Lipinski definition) is 1. The van der Waals surface area contributed by atoms with Crippen LogP contribution in [0.25, 0.3) is 11.5 Å². The molecule has 0 saturated heterocycles. The fourth-order valence-corrected chi connectivity index (χ4v) is 2.73. The monoisotopic (exact) mass is 408 g/mol. The van der Waals surface area contributed by atoms with Crippen LogP contribution in [0.15, 0.2) is 42.6 Å². The third-order valence-electron chi connectivity index (χ3n) is 3.53. The van der Waals surface area contributed by atoms with Crippen LogP contribution in [0.3, 0.4) is 0 Å². The van der Waals surface area contributed by atoms with Crippen LogP contribution in [0.5, 0.6) is 0 Å². The highest BCUT2D eigenvalue weighted by Gasteiger charge is 2.30. The molecule has 0 atom stereocenters. The van der Waals surface area contributed by atoms with Crippen LogP contribution in [0.4, 0.5) is 18.3 Å². The summed E-state index contributed by atoms with van der Waals surface area (Å²) in [6.45, 7) is 0. The van der Waals surface area contributed by atoms with Crippen molar-refractivity contribution in [3.63, 3.8) is 0 Å². The first-order valence-electron chi connectivity index (χ1n) is 7.65. The van der Waals surface area contributed by atoms with Crippen molar-refractivity contribution in [2.75, 3.05) is 12.4 Å². The molecule has 0 unspecified atom stereocenters. The van der Waals surface area contributed by atoms with E-state index in [1.165, 1.54) is 25.4 Å². The summed E-state index contributed by atoms with van der Waals surface area (Å²) in [6.07, 6.45) is -3.09. The number of esters is 1. The molecule has 0 saturated carbocycles. The fourth-order valence-electron chi connectivity index (χ4n) is 2.16. The fraction of sp³-hybridized carbons (Fsp3) is 0.118. The Hall–Kier alpha value is -3.34. The lowest BCUT2D eigenvalue weighted by Crippen LogP contribution is -2.12. The highest BCUT2D eigenvalue weighted by molar-refractivity contribution is 7.10. The number of nitrogens with one attached hydrogen (secondary N) is 1. The predicted octanol–water partition coefficient (Wildman–Crippen LogP) is 3.66. The van der Waals surface area contributed by atoms with E-state index in [1.807, 2.05) is 0 Å². The van der Waals surface area contributed by atoms with Gasteiger partial charge in [-0.15, -0.1) is 0 Å². The number of halogens is 3. The van der Waals surface area contributed by atoms with E-state index in [9.17, 15) is 22.8 Å². The van der Waals surface area contributed by atoms with Gasteiger partial charge in [0.05, 0.1) is 18.2 Å². The molecule has 1 N–H and O–H groups in total. The largest absolute Gasteiger partial charge is 0.465 e. The first-order chi connectivity index (χ1) is 13.3. The molecule has 0 aliphatic rings. The molecule has 3 rings (SSSR count). The second-order valence-corrected chi connectivity index (χ2v) is 6.13. The van der Waals surface area contributed by atoms with E-state index in [4.69, 9.17) is 0 Å². The smallest absolute Gasteiger partial charge is 0.416 e. The summed E-state index contributed by atoms with van der Waals surface area (Å²) in [4.78, 5) is 31.9. The van der Waals surface area contributed by atoms with Gasteiger partial charge in [0.1, 0.15) is 5.69 Å². The molecule has 144 valence electrons. The minimum absolute atomic E-state index is 0.0376. The Morgan fingerprint density at radius 1 is 1.11 bits per heavy atom. The summed E-state index contributed by atoms with van der Waals surface area (Å²) in [6, 6.07) is 6.69. The first-order valence-corrected chi connectivity index (χ1v) is 8.42. The lowest BCUT2D eigenvalue weighted by molar-refractivity contribution is -0.137. The minimum atomic E-state index is -4.48. The van der Waals surface area contributed by atoms with Gasteiger partial charge >= 0.3 is 12.1 Å². The van der Waals surface area contributed by atoms with E-state index in [1.54, 1.807) is 0 Å². The molecular weight excluding hydrogens is 397 g/mol. The van der Waals surface area contributed by atoms with Gasteiger partial charge in [-0.3, -0.25) is 15.1 Å². The van der Waals surface area contributed by atoms with Crippen molar-refractivity contribution in [3.8, 4) is 11.5 Å². The summed E-state index contributed by atoms with van der Waals surface area (Å²) in [5.41, 5.74) is -0.249. The van der Waals surface area contributed by atoms with Crippen LogP contribution in [0, 0.1) is 0 Å². The number of alkyl halides is 3. The average molecular weight is 408 g/mol. The van der Waals surface area contributed by atoms with Crippen molar-refractivity contribution in [1.29, 1.82) is 0 Å². The molecule has 11 heteroatoms. The molecule has 0 radical (unpaired) electrons. The van der Waals surface area contributed by atoms with Crippen molar-refractivity contribution in [2.45, 2.75) is 6.18 Å². The molecule has 0 bridgehead atoms. The molecule has 7 nitrogen and oxygen atoms in total. The number of carbonyl (C=O) groups is 2. The van der Waals surface area contributed by atoms with E-state index in [2.05, 4.69) is 24.4 Å². The zero-order valence-corrected chi connectivity index (χ0v) is 15.0. The molecule has 2 aromatic heterocycles. The standard InChI is InChI=1S/C17H11F3N4O3S/c1-27-15(26)10-6-7-21-12(8-10)13-22-16(28-24-13)23-14(25)9-2-4-11(5-3-9)17(18,19)20/h2-8H,1H3,(H,22,23,24,25). The van der Waals surface area contributed by atoms with Crippen LogP contribution < -0.4 is 5.32 Å². The van der Waals surface area contributed by atoms with E-state index in [-0.39, 0.29) is 22.1 Å². The highest BCUT2D eigenvalue weighted by atomic mass is 32.1. The topological polar surface area (TPSA) is 94.1 Å². The van der Waals surface area contributed by atoms with Crippen LogP contribution in [-0.4, -0.2) is 33.3 Å². The Morgan fingerprint density at radius 2 is 1.82 bits per heavy atom. The Balaban J connectivity index is 1.74. The van der Waals surface area contributed by atoms with Crippen molar-refractivity contribution in [2.24, 2.45) is 0 Å². The predicted molar refractivity (Wildman–Crippen MR) is 93.9 cm³/mol. The third-order valence-corrected chi connectivity index (χ3v) is 4.16. The maximum absolute atomic E-state index is 12.6. The SMILES string of the molecule is COC(=O)c1ccnc(-c2nsc(NC(=O)c3ccc(C(F)(F)F)cc3)n2)c1. The number of ether oxygens (including phenoxy) is 1. The molecule has 2 heterocycles. The molecule has 1 amide bonds. The van der Waals surface area contributed by atoms with Crippen molar-refractivity contribution >= 4 is 28.5 Å². The third kappa shape index (κ3) is 4.31. The first kappa shape index (κ1) is 19.4. The minimum Gasteiger partial charge on any atom is -0.465 e. The van der Waals surface area contributed by atoms with Gasteiger partial charge in [-0.05, 0) is 36.4 Å². The second kappa shape index (κ2) is 7.72. The van der Waals surface area contributed by atoms with Gasteiger partial charge in [-0.2, -0.15) is 22.5 Å². The Morgan fingerprint density at radius 3 is 2.46 bits per heavy atom. The quantitative estimate of drug-likeness (QED) is 0.662. The molecule has 0 aliphatic heterocycles. The molecule has 0 aliphatic carbocycles. The van der Waals surface area contributed by atoms with Crippen LogP contribution in [-0.2, 0) is 10.9 Å². The maximum atomic E-state index is 12.6. The Labute approximate surface area is 160 Å². The van der Waals surface area contributed by atoms with Gasteiger partial charge in [-0.25, -0.2) is 4.79 Å². The lowest BCUT2D eigenvalue weighted by atomic mass is 10.1. The molecule has 1 aromatic carbocycles. The average Bonchev–Trinajstić information content (AvgIpc) is 3.15. The van der Waals surface area contributed by atoms with Gasteiger partial charge in [0.2, 0.25) is 5.13 Å². The van der Waals surface area contributed by atoms with Gasteiger partial charge in [0.15, 0.2) is 5.82 Å². The summed E-state index contributed by atoms with van der Waals surface area (Å²) in [5, 5.41) is 2.59. The Kier molecular flexibility index (Phi) is 5.36. The van der Waals surface area contributed by atoms with Gasteiger partial charge in [-0.1, -0.05) is 0 Å². The lowest BCUT2D eigenvalue weighted by Gasteiger charge is -2.07. The van der Waals surface area contributed by atoms with Crippen LogP contribution in [0.2, 0.25) is 0 Å². The number of hydrogen-bond acceptors (Lipinski definition) is 7. The number of anilines is 1. The summed E-state index contributed by atoms with van der Waals surface area (Å²) in [7, 11) is 1.25. The number of carbonyl (C=O) groups excluding carboxylic acids is 2. The number of benzene rings is 1. The number of aromatic nitrogens is 3. The zero-order valence-electron chi connectivity index (χ0n) is 14.1. The number of pyridine rings is 1. The summed E-state index contributed by atoms with van der Waals surface area (Å²) in [5.74, 6) is -0.999. The molecule has 28 heavy (non-hydrogen) atoms. The van der Waals surface area contributed by atoms with Crippen molar-refractivity contribution in [3.05, 3.63) is 59.3 Å². The van der Waals surface area contributed by atoms with Crippen molar-refractivity contribution < 1.29 is 27.5 Å². The van der Waals surface area contributed by atoms with Crippen LogP contribution in [0.1, 0.15) is 26.3 Å². The van der Waals surface area contributed by atoms with Gasteiger partial charge in [0, 0.05) is 23.3 Å². The molecule has 3 aromatic rings. The number of methoxy groups -OCH3 is 1. The Bertz CT molecular complexity index is 1020. The summed E-state index contributed by atoms with van der Waals surface area (Å²) >= 11 is 0.866. The van der Waals surface area contributed by atoms with E-state index in [0.717, 1.165) is 35.8 Å². The van der Waals surface area contributed by atoms with E-state index in [0.29, 0.717) is 5.69 Å².